The highest BCUT2D eigenvalue weighted by atomic mass is 32.1. The predicted octanol–water partition coefficient (Wildman–Crippen LogP) is 3.54. The molecule has 6 heteroatoms. The Morgan fingerprint density at radius 2 is 2.22 bits per heavy atom. The molecule has 96 valence electrons. The molecule has 0 saturated carbocycles. The van der Waals surface area contributed by atoms with Crippen molar-refractivity contribution in [3.8, 4) is 0 Å². The predicted molar refractivity (Wildman–Crippen MR) is 75.6 cm³/mol. The summed E-state index contributed by atoms with van der Waals surface area (Å²) < 4.78 is 0. The summed E-state index contributed by atoms with van der Waals surface area (Å²) in [5.74, 6) is 0.245. The number of aryl methyl sites for hydroxylation is 1. The smallest absolute Gasteiger partial charge is 0.267 e. The van der Waals surface area contributed by atoms with Gasteiger partial charge in [0, 0.05) is 5.92 Å². The van der Waals surface area contributed by atoms with Gasteiger partial charge in [0.25, 0.3) is 5.91 Å². The molecule has 0 unspecified atom stereocenters. The summed E-state index contributed by atoms with van der Waals surface area (Å²) in [6.07, 6.45) is 0.861. The molecule has 2 rings (SSSR count). The zero-order valence-electron chi connectivity index (χ0n) is 10.6. The van der Waals surface area contributed by atoms with E-state index < -0.39 is 0 Å². The number of nitrogens with zero attached hydrogens (tertiary/aromatic N) is 2. The second-order valence-electron chi connectivity index (χ2n) is 4.18. The molecule has 0 spiro atoms. The molecule has 18 heavy (non-hydrogen) atoms. The summed E-state index contributed by atoms with van der Waals surface area (Å²) in [4.78, 5) is 12.8. The Kier molecular flexibility index (Phi) is 4.08. The molecule has 0 aliphatic rings. The van der Waals surface area contributed by atoms with E-state index in [0.29, 0.717) is 11.0 Å². The van der Waals surface area contributed by atoms with Gasteiger partial charge in [0.05, 0.1) is 4.88 Å². The Morgan fingerprint density at radius 1 is 1.44 bits per heavy atom. The molecule has 1 N–H and O–H groups in total. The van der Waals surface area contributed by atoms with Gasteiger partial charge in [-0.25, -0.2) is 0 Å². The normalized spacial score (nSPS) is 10.9. The van der Waals surface area contributed by atoms with Gasteiger partial charge in [-0.2, -0.15) is 0 Å². The molecule has 2 aromatic heterocycles. The molecule has 0 aliphatic carbocycles. The van der Waals surface area contributed by atoms with E-state index in [4.69, 9.17) is 0 Å². The van der Waals surface area contributed by atoms with Gasteiger partial charge < -0.3 is 0 Å². The van der Waals surface area contributed by atoms with Gasteiger partial charge in [-0.3, -0.25) is 10.1 Å². The fraction of sp³-hybridized carbons (Fsp3) is 0.417. The maximum Gasteiger partial charge on any atom is 0.267 e. The van der Waals surface area contributed by atoms with Gasteiger partial charge in [-0.1, -0.05) is 32.1 Å². The van der Waals surface area contributed by atoms with Crippen molar-refractivity contribution < 1.29 is 4.79 Å². The summed E-state index contributed by atoms with van der Waals surface area (Å²) in [6, 6.07) is 1.99. The Hall–Kier alpha value is -1.27. The van der Waals surface area contributed by atoms with Crippen molar-refractivity contribution in [3.05, 3.63) is 26.9 Å². The van der Waals surface area contributed by atoms with Crippen LogP contribution in [0.15, 0.2) is 11.4 Å². The van der Waals surface area contributed by atoms with Crippen LogP contribution in [0.2, 0.25) is 0 Å². The number of anilines is 1. The molecule has 0 aromatic carbocycles. The van der Waals surface area contributed by atoms with Crippen LogP contribution in [0.25, 0.3) is 0 Å². The largest absolute Gasteiger partial charge is 0.296 e. The van der Waals surface area contributed by atoms with Crippen molar-refractivity contribution >= 4 is 33.7 Å². The Labute approximate surface area is 114 Å². The first-order chi connectivity index (χ1) is 8.61. The first kappa shape index (κ1) is 13.2. The highest BCUT2D eigenvalue weighted by Gasteiger charge is 2.15. The minimum Gasteiger partial charge on any atom is -0.296 e. The van der Waals surface area contributed by atoms with Crippen molar-refractivity contribution in [2.75, 3.05) is 5.32 Å². The van der Waals surface area contributed by atoms with Gasteiger partial charge in [0.15, 0.2) is 0 Å². The van der Waals surface area contributed by atoms with E-state index in [2.05, 4.69) is 29.4 Å². The number of hydrogen-bond donors (Lipinski definition) is 1. The molecule has 0 fully saturated rings. The minimum atomic E-state index is -0.0895. The number of hydrogen-bond acceptors (Lipinski definition) is 5. The zero-order chi connectivity index (χ0) is 13.1. The quantitative estimate of drug-likeness (QED) is 0.932. The third-order valence-corrected chi connectivity index (χ3v) is 4.58. The van der Waals surface area contributed by atoms with E-state index in [0.717, 1.165) is 21.9 Å². The second kappa shape index (κ2) is 5.58. The molecule has 0 aliphatic heterocycles. The molecule has 4 nitrogen and oxygen atoms in total. The summed E-state index contributed by atoms with van der Waals surface area (Å²) in [6.45, 7) is 6.15. The molecule has 0 radical (unpaired) electrons. The van der Waals surface area contributed by atoms with E-state index >= 15 is 0 Å². The Balaban J connectivity index is 2.11. The van der Waals surface area contributed by atoms with Gasteiger partial charge in [-0.15, -0.1) is 21.5 Å². The van der Waals surface area contributed by atoms with Crippen LogP contribution >= 0.6 is 22.7 Å². The molecule has 0 saturated heterocycles. The number of thiophene rings is 1. The minimum absolute atomic E-state index is 0.0895. The van der Waals surface area contributed by atoms with Gasteiger partial charge >= 0.3 is 0 Å². The summed E-state index contributed by atoms with van der Waals surface area (Å²) in [7, 11) is 0. The second-order valence-corrected chi connectivity index (χ2v) is 6.11. The van der Waals surface area contributed by atoms with Gasteiger partial charge in [0.2, 0.25) is 5.13 Å². The standard InChI is InChI=1S/C12H15N3OS2/c1-4-8-5-6-17-9(8)10(16)13-12-15-14-11(18-12)7(2)3/h5-7H,4H2,1-3H3,(H,13,15,16). The number of carbonyl (C=O) groups is 1. The fourth-order valence-corrected chi connectivity index (χ4v) is 3.12. The highest BCUT2D eigenvalue weighted by Crippen LogP contribution is 2.24. The summed E-state index contributed by atoms with van der Waals surface area (Å²) in [5.41, 5.74) is 1.08. The van der Waals surface area contributed by atoms with E-state index in [1.54, 1.807) is 0 Å². The summed E-state index contributed by atoms with van der Waals surface area (Å²) in [5, 5.41) is 14.3. The first-order valence-corrected chi connectivity index (χ1v) is 7.52. The molecule has 2 heterocycles. The Bertz CT molecular complexity index is 545. The number of nitrogens with one attached hydrogen (secondary N) is 1. The van der Waals surface area contributed by atoms with E-state index in [-0.39, 0.29) is 5.91 Å². The molecule has 0 atom stereocenters. The Morgan fingerprint density at radius 3 is 2.83 bits per heavy atom. The lowest BCUT2D eigenvalue weighted by molar-refractivity contribution is 0.102. The molecular formula is C12H15N3OS2. The van der Waals surface area contributed by atoms with E-state index in [9.17, 15) is 4.79 Å². The van der Waals surface area contributed by atoms with Crippen LogP contribution < -0.4 is 5.32 Å². The first-order valence-electron chi connectivity index (χ1n) is 5.83. The topological polar surface area (TPSA) is 54.9 Å². The van der Waals surface area contributed by atoms with Crippen molar-refractivity contribution in [2.45, 2.75) is 33.1 Å². The number of rotatable bonds is 4. The van der Waals surface area contributed by atoms with Crippen molar-refractivity contribution in [1.82, 2.24) is 10.2 Å². The maximum absolute atomic E-state index is 12.1. The van der Waals surface area contributed by atoms with E-state index in [1.165, 1.54) is 22.7 Å². The lowest BCUT2D eigenvalue weighted by Gasteiger charge is -2.00. The number of amides is 1. The SMILES string of the molecule is CCc1ccsc1C(=O)Nc1nnc(C(C)C)s1. The fourth-order valence-electron chi connectivity index (χ4n) is 1.49. The number of carbonyl (C=O) groups excluding carboxylic acids is 1. The van der Waals surface area contributed by atoms with Crippen molar-refractivity contribution in [1.29, 1.82) is 0 Å². The van der Waals surface area contributed by atoms with Gasteiger partial charge in [-0.05, 0) is 23.4 Å². The van der Waals surface area contributed by atoms with Crippen LogP contribution in [0, 0.1) is 0 Å². The average Bonchev–Trinajstić information content (AvgIpc) is 2.96. The van der Waals surface area contributed by atoms with Crippen LogP contribution in [0.4, 0.5) is 5.13 Å². The number of aromatic nitrogens is 2. The van der Waals surface area contributed by atoms with E-state index in [1.807, 2.05) is 18.4 Å². The van der Waals surface area contributed by atoms with Crippen molar-refractivity contribution in [2.24, 2.45) is 0 Å². The highest BCUT2D eigenvalue weighted by molar-refractivity contribution is 7.15. The maximum atomic E-state index is 12.1. The lowest BCUT2D eigenvalue weighted by Crippen LogP contribution is -2.11. The molecule has 1 amide bonds. The monoisotopic (exact) mass is 281 g/mol. The molecular weight excluding hydrogens is 266 g/mol. The zero-order valence-corrected chi connectivity index (χ0v) is 12.2. The average molecular weight is 281 g/mol. The van der Waals surface area contributed by atoms with Crippen molar-refractivity contribution in [3.63, 3.8) is 0 Å². The van der Waals surface area contributed by atoms with Gasteiger partial charge in [0.1, 0.15) is 5.01 Å². The molecule has 2 aromatic rings. The lowest BCUT2D eigenvalue weighted by atomic mass is 10.2. The van der Waals surface area contributed by atoms with Crippen LogP contribution in [-0.2, 0) is 6.42 Å². The van der Waals surface area contributed by atoms with Crippen LogP contribution in [0.3, 0.4) is 0 Å². The third-order valence-electron chi connectivity index (χ3n) is 2.49. The third kappa shape index (κ3) is 2.76. The molecule has 0 bridgehead atoms. The van der Waals surface area contributed by atoms with Crippen LogP contribution in [0.1, 0.15) is 46.9 Å². The van der Waals surface area contributed by atoms with Crippen LogP contribution in [0.5, 0.6) is 0 Å². The van der Waals surface area contributed by atoms with Crippen LogP contribution in [-0.4, -0.2) is 16.1 Å². The summed E-state index contributed by atoms with van der Waals surface area (Å²) >= 11 is 2.89.